The summed E-state index contributed by atoms with van der Waals surface area (Å²) in [5.74, 6) is 1.96. The first kappa shape index (κ1) is 15.4. The van der Waals surface area contributed by atoms with E-state index in [4.69, 9.17) is 9.47 Å². The second kappa shape index (κ2) is 7.70. The molecule has 0 saturated carbocycles. The van der Waals surface area contributed by atoms with E-state index >= 15 is 0 Å². The lowest BCUT2D eigenvalue weighted by Crippen LogP contribution is -2.11. The van der Waals surface area contributed by atoms with Gasteiger partial charge in [-0.1, -0.05) is 46.3 Å². The normalized spacial score (nSPS) is 11.9. The van der Waals surface area contributed by atoms with Gasteiger partial charge in [0.05, 0.1) is 18.2 Å². The molecular formula is C16H16Br2O2. The number of alkyl halides is 1. The van der Waals surface area contributed by atoms with E-state index in [2.05, 4.69) is 44.0 Å². The molecule has 0 heterocycles. The van der Waals surface area contributed by atoms with E-state index in [1.54, 1.807) is 7.11 Å². The Morgan fingerprint density at radius 3 is 2.45 bits per heavy atom. The fraction of sp³-hybridized carbons (Fsp3) is 0.250. The third-order valence-corrected chi connectivity index (χ3v) is 4.44. The van der Waals surface area contributed by atoms with Crippen molar-refractivity contribution >= 4 is 31.9 Å². The molecule has 0 amide bonds. The Morgan fingerprint density at radius 1 is 1.10 bits per heavy atom. The SMILES string of the molecule is COc1ccc(OCC(CBr)c2ccccc2)c(Br)c1. The molecule has 0 bridgehead atoms. The maximum absolute atomic E-state index is 5.91. The van der Waals surface area contributed by atoms with Crippen molar-refractivity contribution < 1.29 is 9.47 Å². The molecule has 0 N–H and O–H groups in total. The molecule has 2 nitrogen and oxygen atoms in total. The van der Waals surface area contributed by atoms with Crippen molar-refractivity contribution in [2.45, 2.75) is 5.92 Å². The van der Waals surface area contributed by atoms with Gasteiger partial charge in [0.1, 0.15) is 11.5 Å². The van der Waals surface area contributed by atoms with Crippen LogP contribution in [0.1, 0.15) is 11.5 Å². The Hall–Kier alpha value is -1.00. The zero-order valence-electron chi connectivity index (χ0n) is 11.2. The monoisotopic (exact) mass is 398 g/mol. The van der Waals surface area contributed by atoms with Gasteiger partial charge in [-0.15, -0.1) is 0 Å². The molecule has 0 aliphatic rings. The maximum atomic E-state index is 5.91. The summed E-state index contributed by atoms with van der Waals surface area (Å²) in [6, 6.07) is 16.1. The number of ether oxygens (including phenoxy) is 2. The molecule has 0 fully saturated rings. The number of benzene rings is 2. The lowest BCUT2D eigenvalue weighted by atomic mass is 10.0. The van der Waals surface area contributed by atoms with Crippen molar-refractivity contribution in [2.75, 3.05) is 19.0 Å². The molecule has 0 aliphatic heterocycles. The topological polar surface area (TPSA) is 18.5 Å². The first-order valence-corrected chi connectivity index (χ1v) is 8.23. The summed E-state index contributed by atoms with van der Waals surface area (Å²) in [6.07, 6.45) is 0. The van der Waals surface area contributed by atoms with Gasteiger partial charge in [0.15, 0.2) is 0 Å². The van der Waals surface area contributed by atoms with Gasteiger partial charge >= 0.3 is 0 Å². The molecule has 1 atom stereocenters. The summed E-state index contributed by atoms with van der Waals surface area (Å²) in [4.78, 5) is 0. The smallest absolute Gasteiger partial charge is 0.133 e. The fourth-order valence-corrected chi connectivity index (χ4v) is 2.90. The Balaban J connectivity index is 2.03. The summed E-state index contributed by atoms with van der Waals surface area (Å²) in [6.45, 7) is 0.625. The van der Waals surface area contributed by atoms with E-state index < -0.39 is 0 Å². The minimum atomic E-state index is 0.324. The highest BCUT2D eigenvalue weighted by atomic mass is 79.9. The van der Waals surface area contributed by atoms with E-state index in [-0.39, 0.29) is 0 Å². The van der Waals surface area contributed by atoms with Gasteiger partial charge in [-0.05, 0) is 39.7 Å². The van der Waals surface area contributed by atoms with Crippen LogP contribution in [0.5, 0.6) is 11.5 Å². The van der Waals surface area contributed by atoms with E-state index in [0.29, 0.717) is 12.5 Å². The van der Waals surface area contributed by atoms with E-state index in [1.807, 2.05) is 36.4 Å². The molecule has 20 heavy (non-hydrogen) atoms. The standard InChI is InChI=1S/C16H16Br2O2/c1-19-14-7-8-16(15(18)9-14)20-11-13(10-17)12-5-3-2-4-6-12/h2-9,13H,10-11H2,1H3. The van der Waals surface area contributed by atoms with Crippen LogP contribution in [0, 0.1) is 0 Å². The van der Waals surface area contributed by atoms with Crippen molar-refractivity contribution in [3.05, 3.63) is 58.6 Å². The van der Waals surface area contributed by atoms with Gasteiger partial charge in [-0.25, -0.2) is 0 Å². The predicted molar refractivity (Wildman–Crippen MR) is 89.2 cm³/mol. The van der Waals surface area contributed by atoms with Crippen LogP contribution in [-0.4, -0.2) is 19.0 Å². The van der Waals surface area contributed by atoms with Gasteiger partial charge in [-0.3, -0.25) is 0 Å². The number of halogens is 2. The van der Waals surface area contributed by atoms with Crippen LogP contribution in [0.2, 0.25) is 0 Å². The Kier molecular flexibility index (Phi) is 5.92. The second-order valence-electron chi connectivity index (χ2n) is 4.37. The van der Waals surface area contributed by atoms with Crippen LogP contribution >= 0.6 is 31.9 Å². The number of hydrogen-bond donors (Lipinski definition) is 0. The first-order valence-electron chi connectivity index (χ1n) is 6.32. The second-order valence-corrected chi connectivity index (χ2v) is 5.87. The molecule has 0 aliphatic carbocycles. The highest BCUT2D eigenvalue weighted by Crippen LogP contribution is 2.30. The maximum Gasteiger partial charge on any atom is 0.133 e. The van der Waals surface area contributed by atoms with Crippen molar-refractivity contribution in [3.8, 4) is 11.5 Å². The highest BCUT2D eigenvalue weighted by molar-refractivity contribution is 9.10. The van der Waals surface area contributed by atoms with Crippen LogP contribution < -0.4 is 9.47 Å². The fourth-order valence-electron chi connectivity index (χ4n) is 1.87. The van der Waals surface area contributed by atoms with Crippen molar-refractivity contribution in [2.24, 2.45) is 0 Å². The van der Waals surface area contributed by atoms with Gasteiger partial charge in [0.2, 0.25) is 0 Å². The molecule has 2 rings (SSSR count). The van der Waals surface area contributed by atoms with Gasteiger partial charge in [-0.2, -0.15) is 0 Å². The molecule has 106 valence electrons. The molecule has 1 unspecified atom stereocenters. The minimum Gasteiger partial charge on any atom is -0.497 e. The number of hydrogen-bond acceptors (Lipinski definition) is 2. The van der Waals surface area contributed by atoms with Crippen LogP contribution in [0.15, 0.2) is 53.0 Å². The third kappa shape index (κ3) is 4.00. The van der Waals surface area contributed by atoms with Crippen molar-refractivity contribution in [1.82, 2.24) is 0 Å². The molecule has 4 heteroatoms. The molecule has 0 radical (unpaired) electrons. The van der Waals surface area contributed by atoms with E-state index in [1.165, 1.54) is 5.56 Å². The Labute approximate surface area is 136 Å². The summed E-state index contributed by atoms with van der Waals surface area (Å²) in [5.41, 5.74) is 1.27. The predicted octanol–water partition coefficient (Wildman–Crippen LogP) is 5.02. The van der Waals surface area contributed by atoms with E-state index in [0.717, 1.165) is 21.3 Å². The van der Waals surface area contributed by atoms with Crippen LogP contribution in [0.3, 0.4) is 0 Å². The highest BCUT2D eigenvalue weighted by Gasteiger charge is 2.12. The molecule has 2 aromatic rings. The third-order valence-electron chi connectivity index (χ3n) is 3.04. The zero-order valence-corrected chi connectivity index (χ0v) is 14.4. The summed E-state index contributed by atoms with van der Waals surface area (Å²) in [5, 5.41) is 0.866. The van der Waals surface area contributed by atoms with Gasteiger partial charge in [0.25, 0.3) is 0 Å². The van der Waals surface area contributed by atoms with Crippen LogP contribution in [-0.2, 0) is 0 Å². The molecular weight excluding hydrogens is 384 g/mol. The molecule has 0 saturated heterocycles. The van der Waals surface area contributed by atoms with Gasteiger partial charge in [0, 0.05) is 11.2 Å². The zero-order chi connectivity index (χ0) is 14.4. The summed E-state index contributed by atoms with van der Waals surface area (Å²) >= 11 is 7.06. The lowest BCUT2D eigenvalue weighted by Gasteiger charge is -2.16. The first-order chi connectivity index (χ1) is 9.74. The lowest BCUT2D eigenvalue weighted by molar-refractivity contribution is 0.295. The average Bonchev–Trinajstić information content (AvgIpc) is 2.50. The van der Waals surface area contributed by atoms with Crippen LogP contribution in [0.25, 0.3) is 0 Å². The Bertz CT molecular complexity index is 543. The summed E-state index contributed by atoms with van der Waals surface area (Å²) in [7, 11) is 1.65. The molecule has 2 aromatic carbocycles. The number of methoxy groups -OCH3 is 1. The quantitative estimate of drug-likeness (QED) is 0.635. The van der Waals surface area contributed by atoms with Crippen LogP contribution in [0.4, 0.5) is 0 Å². The Morgan fingerprint density at radius 2 is 1.85 bits per heavy atom. The molecule has 0 spiro atoms. The van der Waals surface area contributed by atoms with Gasteiger partial charge < -0.3 is 9.47 Å². The minimum absolute atomic E-state index is 0.324. The van der Waals surface area contributed by atoms with Crippen molar-refractivity contribution in [1.29, 1.82) is 0 Å². The average molecular weight is 400 g/mol. The molecule has 0 aromatic heterocycles. The summed E-state index contributed by atoms with van der Waals surface area (Å²) < 4.78 is 12.0. The largest absolute Gasteiger partial charge is 0.497 e. The van der Waals surface area contributed by atoms with Crippen molar-refractivity contribution in [3.63, 3.8) is 0 Å². The van der Waals surface area contributed by atoms with E-state index in [9.17, 15) is 0 Å². The number of rotatable bonds is 6.